The summed E-state index contributed by atoms with van der Waals surface area (Å²) in [6.07, 6.45) is 0. The Morgan fingerprint density at radius 3 is 2.59 bits per heavy atom. The highest BCUT2D eigenvalue weighted by molar-refractivity contribution is 5.93. The van der Waals surface area contributed by atoms with E-state index in [0.29, 0.717) is 11.4 Å². The van der Waals surface area contributed by atoms with Crippen LogP contribution in [0.1, 0.15) is 25.3 Å². The largest absolute Gasteiger partial charge is 0.460 e. The first-order chi connectivity index (χ1) is 12.9. The van der Waals surface area contributed by atoms with Gasteiger partial charge in [0.1, 0.15) is 12.4 Å². The van der Waals surface area contributed by atoms with Gasteiger partial charge in [0.25, 0.3) is 0 Å². The number of carbonyl (C=O) groups excluding carboxylic acids is 1. The monoisotopic (exact) mass is 378 g/mol. The zero-order chi connectivity index (χ0) is 20.0. The van der Waals surface area contributed by atoms with Crippen LogP contribution in [0.25, 0.3) is 0 Å². The number of alkyl halides is 2. The highest BCUT2D eigenvalue weighted by Gasteiger charge is 2.36. The number of allylic oxidation sites excluding steroid dienone is 3. The van der Waals surface area contributed by atoms with E-state index in [1.807, 2.05) is 0 Å². The third-order valence-corrected chi connectivity index (χ3v) is 4.07. The van der Waals surface area contributed by atoms with E-state index >= 15 is 0 Å². The molecule has 1 atom stereocenters. The van der Waals surface area contributed by atoms with Crippen molar-refractivity contribution in [2.24, 2.45) is 0 Å². The topological polar surface area (TPSA) is 80.6 Å². The van der Waals surface area contributed by atoms with E-state index in [0.717, 1.165) is 0 Å². The first-order valence-electron chi connectivity index (χ1n) is 8.19. The highest BCUT2D eigenvalue weighted by atomic mass is 19.3. The molecule has 2 rings (SSSR count). The maximum atomic E-state index is 12.8. The molecule has 0 bridgehead atoms. The van der Waals surface area contributed by atoms with Crippen molar-refractivity contribution in [2.45, 2.75) is 26.4 Å². The summed E-state index contributed by atoms with van der Waals surface area (Å²) in [4.78, 5) is 12.7. The van der Waals surface area contributed by atoms with E-state index < -0.39 is 18.5 Å². The highest BCUT2D eigenvalue weighted by Crippen LogP contribution is 2.42. The van der Waals surface area contributed by atoms with Gasteiger partial charge in [0.15, 0.2) is 0 Å². The number of nitrogens with one attached hydrogen (secondary N) is 1. The number of nitrogens with zero attached hydrogens (tertiary/aromatic N) is 1. The first kappa shape index (κ1) is 20.4. The van der Waals surface area contributed by atoms with Crippen molar-refractivity contribution < 1.29 is 27.8 Å². The Balaban J connectivity index is 2.55. The molecule has 27 heavy (non-hydrogen) atoms. The van der Waals surface area contributed by atoms with Crippen molar-refractivity contribution >= 4 is 5.97 Å². The molecule has 0 fully saturated rings. The molecule has 1 heterocycles. The molecule has 1 aromatic rings. The number of rotatable bonds is 7. The minimum atomic E-state index is -3.04. The molecule has 8 heteroatoms. The first-order valence-corrected chi connectivity index (χ1v) is 8.19. The van der Waals surface area contributed by atoms with Crippen molar-refractivity contribution in [1.82, 2.24) is 5.32 Å². The number of dihydropyridines is 1. The van der Waals surface area contributed by atoms with Gasteiger partial charge in [-0.25, -0.2) is 4.79 Å². The Kier molecular flexibility index (Phi) is 6.91. The molecule has 1 unspecified atom stereocenters. The molecule has 0 aromatic heterocycles. The van der Waals surface area contributed by atoms with Crippen LogP contribution in [0.4, 0.5) is 8.78 Å². The van der Waals surface area contributed by atoms with Crippen LogP contribution in [0, 0.1) is 11.3 Å². The lowest BCUT2D eigenvalue weighted by atomic mass is 9.80. The van der Waals surface area contributed by atoms with Crippen molar-refractivity contribution in [2.75, 3.05) is 20.3 Å². The van der Waals surface area contributed by atoms with Gasteiger partial charge in [0.2, 0.25) is 0 Å². The number of hydrogen-bond donors (Lipinski definition) is 1. The molecule has 1 aliphatic rings. The van der Waals surface area contributed by atoms with Crippen LogP contribution in [-0.2, 0) is 14.3 Å². The number of methoxy groups -OCH3 is 1. The van der Waals surface area contributed by atoms with E-state index in [9.17, 15) is 18.8 Å². The average molecular weight is 378 g/mol. The molecule has 0 aliphatic carbocycles. The number of nitriles is 1. The zero-order valence-corrected chi connectivity index (χ0v) is 15.2. The predicted octanol–water partition coefficient (Wildman–Crippen LogP) is 3.24. The van der Waals surface area contributed by atoms with Crippen molar-refractivity contribution in [3.63, 3.8) is 0 Å². The third-order valence-electron chi connectivity index (χ3n) is 4.07. The van der Waals surface area contributed by atoms with Crippen molar-refractivity contribution in [1.29, 1.82) is 5.26 Å². The molecular weight excluding hydrogens is 358 g/mol. The Morgan fingerprint density at radius 2 is 1.96 bits per heavy atom. The van der Waals surface area contributed by atoms with Crippen LogP contribution in [0.5, 0.6) is 5.75 Å². The molecule has 144 valence electrons. The maximum absolute atomic E-state index is 12.8. The molecule has 0 saturated heterocycles. The molecule has 0 saturated carbocycles. The number of benzene rings is 1. The summed E-state index contributed by atoms with van der Waals surface area (Å²) < 4.78 is 40.3. The SMILES string of the molecule is COCCOC(=O)C1=C(C)NC(C)=C(C#N)C1c1ccccc1OC(F)F. The van der Waals surface area contributed by atoms with Crippen LogP contribution in [-0.4, -0.2) is 32.9 Å². The van der Waals surface area contributed by atoms with Gasteiger partial charge in [-0.15, -0.1) is 0 Å². The summed E-state index contributed by atoms with van der Waals surface area (Å²) in [5.41, 5.74) is 1.68. The van der Waals surface area contributed by atoms with Gasteiger partial charge >= 0.3 is 12.6 Å². The zero-order valence-electron chi connectivity index (χ0n) is 15.2. The van der Waals surface area contributed by atoms with Gasteiger partial charge in [-0.2, -0.15) is 14.0 Å². The lowest BCUT2D eigenvalue weighted by molar-refractivity contribution is -0.140. The van der Waals surface area contributed by atoms with E-state index in [1.54, 1.807) is 26.0 Å². The molecule has 0 radical (unpaired) electrons. The van der Waals surface area contributed by atoms with Crippen LogP contribution in [0.2, 0.25) is 0 Å². The number of carbonyl (C=O) groups is 1. The average Bonchev–Trinajstić information content (AvgIpc) is 2.61. The minimum Gasteiger partial charge on any atom is -0.460 e. The number of hydrogen-bond acceptors (Lipinski definition) is 6. The van der Waals surface area contributed by atoms with E-state index in [1.165, 1.54) is 19.2 Å². The van der Waals surface area contributed by atoms with Gasteiger partial charge in [-0.1, -0.05) is 18.2 Å². The van der Waals surface area contributed by atoms with Crippen molar-refractivity contribution in [3.05, 3.63) is 52.4 Å². The lowest BCUT2D eigenvalue weighted by Crippen LogP contribution is -2.29. The Hall–Kier alpha value is -2.92. The molecule has 0 spiro atoms. The second kappa shape index (κ2) is 9.14. The van der Waals surface area contributed by atoms with Gasteiger partial charge in [0, 0.05) is 24.1 Å². The summed E-state index contributed by atoms with van der Waals surface area (Å²) in [5, 5.41) is 12.6. The normalized spacial score (nSPS) is 16.9. The second-order valence-electron chi connectivity index (χ2n) is 5.79. The molecule has 6 nitrogen and oxygen atoms in total. The molecule has 1 aromatic carbocycles. The Morgan fingerprint density at radius 1 is 1.26 bits per heavy atom. The summed E-state index contributed by atoms with van der Waals surface area (Å²) in [7, 11) is 1.47. The number of ether oxygens (including phenoxy) is 3. The fourth-order valence-corrected chi connectivity index (χ4v) is 2.94. The van der Waals surface area contributed by atoms with Crippen molar-refractivity contribution in [3.8, 4) is 11.8 Å². The third kappa shape index (κ3) is 4.63. The summed E-state index contributed by atoms with van der Waals surface area (Å²) >= 11 is 0. The smallest absolute Gasteiger partial charge is 0.387 e. The fourth-order valence-electron chi connectivity index (χ4n) is 2.94. The predicted molar refractivity (Wildman–Crippen MR) is 92.8 cm³/mol. The van der Waals surface area contributed by atoms with Gasteiger partial charge in [0.05, 0.1) is 29.7 Å². The van der Waals surface area contributed by atoms with Gasteiger partial charge < -0.3 is 19.5 Å². The number of halogens is 2. The fraction of sp³-hybridized carbons (Fsp3) is 0.368. The number of para-hydroxylation sites is 1. The lowest BCUT2D eigenvalue weighted by Gasteiger charge is -2.29. The summed E-state index contributed by atoms with van der Waals surface area (Å²) in [6, 6.07) is 8.15. The molecule has 1 aliphatic heterocycles. The molecular formula is C19H20F2N2O4. The van der Waals surface area contributed by atoms with Crippen LogP contribution < -0.4 is 10.1 Å². The van der Waals surface area contributed by atoms with E-state index in [2.05, 4.69) is 16.1 Å². The second-order valence-corrected chi connectivity index (χ2v) is 5.79. The van der Waals surface area contributed by atoms with E-state index in [4.69, 9.17) is 9.47 Å². The maximum Gasteiger partial charge on any atom is 0.387 e. The summed E-state index contributed by atoms with van der Waals surface area (Å²) in [5.74, 6) is -1.65. The number of esters is 1. The molecule has 1 N–H and O–H groups in total. The van der Waals surface area contributed by atoms with E-state index in [-0.39, 0.29) is 35.7 Å². The van der Waals surface area contributed by atoms with Crippen LogP contribution >= 0.6 is 0 Å². The Labute approximate surface area is 156 Å². The summed E-state index contributed by atoms with van der Waals surface area (Å²) in [6.45, 7) is 0.540. The van der Waals surface area contributed by atoms with Gasteiger partial charge in [-0.3, -0.25) is 0 Å². The van der Waals surface area contributed by atoms with Crippen LogP contribution in [0.15, 0.2) is 46.8 Å². The minimum absolute atomic E-state index is 0.0264. The standard InChI is InChI=1S/C19H20F2N2O4/c1-11-14(10-22)17(13-6-4-5-7-15(13)27-19(20)21)16(12(2)23-11)18(24)26-9-8-25-3/h4-7,17,19,23H,8-9H2,1-3H3. The Bertz CT molecular complexity index is 812. The van der Waals surface area contributed by atoms with Gasteiger partial charge in [-0.05, 0) is 19.9 Å². The van der Waals surface area contributed by atoms with Crippen LogP contribution in [0.3, 0.4) is 0 Å². The quantitative estimate of drug-likeness (QED) is 0.580. The molecule has 0 amide bonds.